The molecule has 1 N–H and O–H groups in total. The molecule has 0 atom stereocenters. The molecule has 1 aliphatic heterocycles. The number of hydrogen-bond donors (Lipinski definition) is 1. The number of amides is 1. The number of aliphatic imine (C=N–C) groups is 1. The number of carboxylic acid groups (broad SMARTS) is 1. The molecular weight excluding hydrogens is 528 g/mol. The highest BCUT2D eigenvalue weighted by atomic mass is 79.9. The Morgan fingerprint density at radius 1 is 1.14 bits per heavy atom. The summed E-state index contributed by atoms with van der Waals surface area (Å²) in [6, 6.07) is 20.2. The van der Waals surface area contributed by atoms with Crippen molar-refractivity contribution >= 4 is 56.5 Å². The van der Waals surface area contributed by atoms with Crippen molar-refractivity contribution in [2.75, 3.05) is 6.54 Å². The Labute approximate surface area is 216 Å². The van der Waals surface area contributed by atoms with Crippen molar-refractivity contribution in [2.45, 2.75) is 20.5 Å². The van der Waals surface area contributed by atoms with Crippen LogP contribution in [0.2, 0.25) is 0 Å². The van der Waals surface area contributed by atoms with Crippen LogP contribution in [0.4, 0.5) is 5.69 Å². The fourth-order valence-corrected chi connectivity index (χ4v) is 4.98. The lowest BCUT2D eigenvalue weighted by atomic mass is 10.1. The molecular formula is C27H23BrN2O4S. The number of halogens is 1. The Balaban J connectivity index is 1.52. The number of hydrogen-bond acceptors (Lipinski definition) is 5. The van der Waals surface area contributed by atoms with Gasteiger partial charge in [0.1, 0.15) is 12.4 Å². The number of benzene rings is 3. The maximum absolute atomic E-state index is 13.0. The highest BCUT2D eigenvalue weighted by Crippen LogP contribution is 2.35. The van der Waals surface area contributed by atoms with E-state index < -0.39 is 5.97 Å². The lowest BCUT2D eigenvalue weighted by Crippen LogP contribution is -2.28. The van der Waals surface area contributed by atoms with Gasteiger partial charge in [-0.25, -0.2) is 9.79 Å². The molecule has 4 rings (SSSR count). The standard InChI is InChI=1S/C27H23BrN2O4S/c1-3-30-25(31)24(35-27(30)29-21-6-4-5-20(15-21)26(32)33)14-19-11-12-23(22(28)13-19)34-16-18-9-7-17(2)8-10-18/h4-15H,3,16H2,1-2H3,(H,32,33). The van der Waals surface area contributed by atoms with Crippen LogP contribution in [0, 0.1) is 6.92 Å². The van der Waals surface area contributed by atoms with E-state index in [1.807, 2.05) is 50.3 Å². The normalized spacial score (nSPS) is 15.7. The van der Waals surface area contributed by atoms with E-state index in [2.05, 4.69) is 33.1 Å². The van der Waals surface area contributed by atoms with Crippen LogP contribution in [-0.2, 0) is 11.4 Å². The van der Waals surface area contributed by atoms with E-state index in [9.17, 15) is 14.7 Å². The minimum atomic E-state index is -1.02. The predicted molar refractivity (Wildman–Crippen MR) is 143 cm³/mol. The maximum atomic E-state index is 13.0. The number of aryl methyl sites for hydroxylation is 1. The summed E-state index contributed by atoms with van der Waals surface area (Å²) in [7, 11) is 0. The van der Waals surface area contributed by atoms with E-state index in [1.165, 1.54) is 29.5 Å². The van der Waals surface area contributed by atoms with E-state index in [0.29, 0.717) is 34.7 Å². The SMILES string of the molecule is CCN1C(=O)C(=Cc2ccc(OCc3ccc(C)cc3)c(Br)c2)SC1=Nc1cccc(C(=O)O)c1. The summed E-state index contributed by atoms with van der Waals surface area (Å²) in [5, 5.41) is 9.74. The van der Waals surface area contributed by atoms with E-state index in [1.54, 1.807) is 17.0 Å². The van der Waals surface area contributed by atoms with Gasteiger partial charge in [0.15, 0.2) is 5.17 Å². The second-order valence-electron chi connectivity index (χ2n) is 7.87. The van der Waals surface area contributed by atoms with Crippen molar-refractivity contribution in [3.63, 3.8) is 0 Å². The topological polar surface area (TPSA) is 79.2 Å². The van der Waals surface area contributed by atoms with Crippen LogP contribution >= 0.6 is 27.7 Å². The van der Waals surface area contributed by atoms with Gasteiger partial charge < -0.3 is 9.84 Å². The molecule has 3 aromatic carbocycles. The lowest BCUT2D eigenvalue weighted by Gasteiger charge is -2.12. The van der Waals surface area contributed by atoms with E-state index in [4.69, 9.17) is 4.74 Å². The Kier molecular flexibility index (Phi) is 7.73. The minimum absolute atomic E-state index is 0.138. The number of aromatic carboxylic acids is 1. The summed E-state index contributed by atoms with van der Waals surface area (Å²) in [6.07, 6.45) is 1.82. The molecule has 1 saturated heterocycles. The monoisotopic (exact) mass is 550 g/mol. The Morgan fingerprint density at radius 3 is 2.60 bits per heavy atom. The molecule has 0 aromatic heterocycles. The first kappa shape index (κ1) is 24.8. The molecule has 0 unspecified atom stereocenters. The van der Waals surface area contributed by atoms with E-state index >= 15 is 0 Å². The second-order valence-corrected chi connectivity index (χ2v) is 9.74. The minimum Gasteiger partial charge on any atom is -0.488 e. The third-order valence-electron chi connectivity index (χ3n) is 5.29. The highest BCUT2D eigenvalue weighted by Gasteiger charge is 2.32. The molecule has 1 amide bonds. The summed E-state index contributed by atoms with van der Waals surface area (Å²) in [4.78, 5) is 30.9. The van der Waals surface area contributed by atoms with Gasteiger partial charge >= 0.3 is 5.97 Å². The molecule has 1 aliphatic rings. The second kappa shape index (κ2) is 10.9. The van der Waals surface area contributed by atoms with Crippen molar-refractivity contribution in [2.24, 2.45) is 4.99 Å². The Hall–Kier alpha value is -3.36. The number of carbonyl (C=O) groups excluding carboxylic acids is 1. The van der Waals surface area contributed by atoms with Gasteiger partial charge in [-0.3, -0.25) is 9.69 Å². The molecule has 0 saturated carbocycles. The number of amidine groups is 1. The molecule has 0 aliphatic carbocycles. The zero-order chi connectivity index (χ0) is 24.9. The van der Waals surface area contributed by atoms with Gasteiger partial charge in [0, 0.05) is 6.54 Å². The highest BCUT2D eigenvalue weighted by molar-refractivity contribution is 9.10. The lowest BCUT2D eigenvalue weighted by molar-refractivity contribution is -0.122. The van der Waals surface area contributed by atoms with E-state index in [0.717, 1.165) is 15.6 Å². The average Bonchev–Trinajstić information content (AvgIpc) is 3.13. The van der Waals surface area contributed by atoms with Crippen molar-refractivity contribution in [1.82, 2.24) is 4.90 Å². The largest absolute Gasteiger partial charge is 0.488 e. The molecule has 0 spiro atoms. The van der Waals surface area contributed by atoms with Gasteiger partial charge in [-0.1, -0.05) is 42.0 Å². The quantitative estimate of drug-likeness (QED) is 0.333. The van der Waals surface area contributed by atoms with E-state index in [-0.39, 0.29) is 11.5 Å². The summed E-state index contributed by atoms with van der Waals surface area (Å²) in [5.41, 5.74) is 3.77. The van der Waals surface area contributed by atoms with Gasteiger partial charge in [-0.05, 0) is 89.1 Å². The molecule has 1 fully saturated rings. The number of carboxylic acids is 1. The third kappa shape index (κ3) is 6.01. The number of ether oxygens (including phenoxy) is 1. The van der Waals surface area contributed by atoms with Crippen molar-refractivity contribution in [3.05, 3.63) is 98.4 Å². The summed E-state index contributed by atoms with van der Waals surface area (Å²) in [5.74, 6) is -0.442. The molecule has 3 aromatic rings. The van der Waals surface area contributed by atoms with Crippen LogP contribution in [0.3, 0.4) is 0 Å². The molecule has 0 radical (unpaired) electrons. The zero-order valence-electron chi connectivity index (χ0n) is 19.2. The summed E-state index contributed by atoms with van der Waals surface area (Å²) in [6.45, 7) is 4.84. The maximum Gasteiger partial charge on any atom is 0.335 e. The van der Waals surface area contributed by atoms with Gasteiger partial charge in [0.25, 0.3) is 5.91 Å². The van der Waals surface area contributed by atoms with Gasteiger partial charge in [-0.2, -0.15) is 0 Å². The molecule has 6 nitrogen and oxygen atoms in total. The summed E-state index contributed by atoms with van der Waals surface area (Å²) >= 11 is 4.84. The van der Waals surface area contributed by atoms with Gasteiger partial charge in [0.05, 0.1) is 20.6 Å². The molecule has 0 bridgehead atoms. The van der Waals surface area contributed by atoms with Gasteiger partial charge in [-0.15, -0.1) is 0 Å². The average molecular weight is 551 g/mol. The van der Waals surface area contributed by atoms with Crippen molar-refractivity contribution in [3.8, 4) is 5.75 Å². The molecule has 35 heavy (non-hydrogen) atoms. The first-order valence-electron chi connectivity index (χ1n) is 11.0. The van der Waals surface area contributed by atoms with Crippen LogP contribution < -0.4 is 4.74 Å². The number of nitrogens with zero attached hydrogens (tertiary/aromatic N) is 2. The smallest absolute Gasteiger partial charge is 0.335 e. The van der Waals surface area contributed by atoms with Crippen LogP contribution in [0.25, 0.3) is 6.08 Å². The van der Waals surface area contributed by atoms with Crippen LogP contribution in [0.5, 0.6) is 5.75 Å². The Bertz CT molecular complexity index is 1340. The number of likely N-dealkylation sites (N-methyl/N-ethyl adjacent to an activating group) is 1. The first-order valence-corrected chi connectivity index (χ1v) is 12.6. The Morgan fingerprint density at radius 2 is 1.91 bits per heavy atom. The molecule has 1 heterocycles. The predicted octanol–water partition coefficient (Wildman–Crippen LogP) is 6.66. The van der Waals surface area contributed by atoms with Crippen LogP contribution in [0.1, 0.15) is 34.0 Å². The van der Waals surface area contributed by atoms with Crippen molar-refractivity contribution in [1.29, 1.82) is 0 Å². The molecule has 8 heteroatoms. The number of rotatable bonds is 7. The first-order chi connectivity index (χ1) is 16.8. The van der Waals surface area contributed by atoms with Gasteiger partial charge in [0.2, 0.25) is 0 Å². The van der Waals surface area contributed by atoms with Crippen LogP contribution in [0.15, 0.2) is 81.1 Å². The van der Waals surface area contributed by atoms with Crippen LogP contribution in [-0.4, -0.2) is 33.6 Å². The fourth-order valence-electron chi connectivity index (χ4n) is 3.41. The number of carbonyl (C=O) groups is 2. The fraction of sp³-hybridized carbons (Fsp3) is 0.148. The summed E-state index contributed by atoms with van der Waals surface area (Å²) < 4.78 is 6.74. The molecule has 178 valence electrons. The third-order valence-corrected chi connectivity index (χ3v) is 6.92. The number of thioether (sulfide) groups is 1. The van der Waals surface area contributed by atoms with Crippen molar-refractivity contribution < 1.29 is 19.4 Å². The zero-order valence-corrected chi connectivity index (χ0v) is 21.6.